The summed E-state index contributed by atoms with van der Waals surface area (Å²) in [6.07, 6.45) is 0. The molecule has 2 fully saturated rings. The highest BCUT2D eigenvalue weighted by atomic mass is 16.5. The number of benzene rings is 1. The molecule has 0 spiro atoms. The molecule has 2 aliphatic heterocycles. The number of nitrogens with zero attached hydrogens (tertiary/aromatic N) is 2. The Hall–Kier alpha value is -2.41. The van der Waals surface area contributed by atoms with Gasteiger partial charge in [0.2, 0.25) is 17.4 Å². The number of nitrogens with two attached hydrogens (primary N) is 1. The molecule has 0 saturated carbocycles. The van der Waals surface area contributed by atoms with Crippen LogP contribution in [0.15, 0.2) is 24.3 Å². The fourth-order valence-corrected chi connectivity index (χ4v) is 4.35. The second-order valence-corrected chi connectivity index (χ2v) is 7.38. The Morgan fingerprint density at radius 1 is 1.23 bits per heavy atom. The number of likely N-dealkylation sites (tertiary alicyclic amines) is 1. The van der Waals surface area contributed by atoms with Gasteiger partial charge in [-0.3, -0.25) is 14.5 Å². The van der Waals surface area contributed by atoms with E-state index < -0.39 is 23.3 Å². The Bertz CT molecular complexity index is 746. The van der Waals surface area contributed by atoms with Crippen molar-refractivity contribution < 1.29 is 24.4 Å². The highest BCUT2D eigenvalue weighted by molar-refractivity contribution is 6.08. The Morgan fingerprint density at radius 3 is 2.35 bits per heavy atom. The van der Waals surface area contributed by atoms with Crippen molar-refractivity contribution in [3.8, 4) is 0 Å². The van der Waals surface area contributed by atoms with Gasteiger partial charge in [-0.2, -0.15) is 0 Å². The van der Waals surface area contributed by atoms with Crippen LogP contribution >= 0.6 is 0 Å². The van der Waals surface area contributed by atoms with Gasteiger partial charge in [-0.25, -0.2) is 4.79 Å². The van der Waals surface area contributed by atoms with Crippen LogP contribution in [0, 0.1) is 11.8 Å². The molecule has 3 rings (SSSR count). The zero-order chi connectivity index (χ0) is 19.2. The van der Waals surface area contributed by atoms with Crippen LogP contribution in [0.1, 0.15) is 25.5 Å². The third-order valence-corrected chi connectivity index (χ3v) is 5.74. The highest BCUT2D eigenvalue weighted by Crippen LogP contribution is 2.44. The van der Waals surface area contributed by atoms with Crippen LogP contribution in [0.4, 0.5) is 5.69 Å². The lowest BCUT2D eigenvalue weighted by Crippen LogP contribution is -2.97. The van der Waals surface area contributed by atoms with E-state index in [4.69, 9.17) is 4.74 Å². The van der Waals surface area contributed by atoms with E-state index in [9.17, 15) is 14.4 Å². The van der Waals surface area contributed by atoms with Crippen molar-refractivity contribution in [1.29, 1.82) is 0 Å². The smallest absolute Gasteiger partial charge is 0.368 e. The number of carbonyl (C=O) groups excluding carboxylic acids is 3. The Kier molecular flexibility index (Phi) is 4.52. The first-order chi connectivity index (χ1) is 12.3. The normalized spacial score (nSPS) is 30.5. The first kappa shape index (κ1) is 18.4. The van der Waals surface area contributed by atoms with Crippen molar-refractivity contribution in [2.24, 2.45) is 11.8 Å². The number of anilines is 1. The topological polar surface area (TPSA) is 83.5 Å². The number of methoxy groups -OCH3 is 1. The van der Waals surface area contributed by atoms with E-state index in [-0.39, 0.29) is 17.9 Å². The molecule has 2 N–H and O–H groups in total. The van der Waals surface area contributed by atoms with Crippen molar-refractivity contribution in [1.82, 2.24) is 4.90 Å². The summed E-state index contributed by atoms with van der Waals surface area (Å²) in [6, 6.07) is 7.58. The van der Waals surface area contributed by atoms with Crippen molar-refractivity contribution in [3.63, 3.8) is 0 Å². The largest absolute Gasteiger partial charge is 0.464 e. The molecule has 26 heavy (non-hydrogen) atoms. The number of ether oxygens (including phenoxy) is 1. The molecule has 0 bridgehead atoms. The maximum absolute atomic E-state index is 12.9. The van der Waals surface area contributed by atoms with Crippen LogP contribution in [0.25, 0.3) is 0 Å². The van der Waals surface area contributed by atoms with Crippen LogP contribution in [0.5, 0.6) is 0 Å². The van der Waals surface area contributed by atoms with E-state index in [1.165, 1.54) is 12.0 Å². The van der Waals surface area contributed by atoms with E-state index in [0.29, 0.717) is 6.54 Å². The molecule has 0 unspecified atom stereocenters. The van der Waals surface area contributed by atoms with Crippen LogP contribution in [-0.2, 0) is 19.1 Å². The van der Waals surface area contributed by atoms with Gasteiger partial charge in [0.25, 0.3) is 0 Å². The number of quaternary nitrogens is 1. The molecule has 0 aromatic heterocycles. The van der Waals surface area contributed by atoms with Crippen molar-refractivity contribution >= 4 is 23.5 Å². The van der Waals surface area contributed by atoms with Gasteiger partial charge in [-0.1, -0.05) is 12.1 Å². The predicted molar refractivity (Wildman–Crippen MR) is 95.2 cm³/mol. The minimum atomic E-state index is -1.11. The van der Waals surface area contributed by atoms with Crippen LogP contribution < -0.4 is 10.2 Å². The second kappa shape index (κ2) is 6.39. The molecular formula is C19H26N3O4+. The minimum Gasteiger partial charge on any atom is -0.464 e. The van der Waals surface area contributed by atoms with Gasteiger partial charge in [0.1, 0.15) is 17.9 Å². The lowest BCUT2D eigenvalue weighted by atomic mass is 9.80. The number of esters is 1. The fourth-order valence-electron chi connectivity index (χ4n) is 4.35. The monoisotopic (exact) mass is 360 g/mol. The molecule has 0 aliphatic carbocycles. The van der Waals surface area contributed by atoms with Crippen LogP contribution in [0.3, 0.4) is 0 Å². The van der Waals surface area contributed by atoms with Crippen LogP contribution in [0.2, 0.25) is 0 Å². The summed E-state index contributed by atoms with van der Waals surface area (Å²) in [6.45, 7) is 3.79. The highest BCUT2D eigenvalue weighted by Gasteiger charge is 2.70. The third kappa shape index (κ3) is 2.49. The molecule has 2 amide bonds. The number of hydrogen-bond donors (Lipinski definition) is 1. The minimum absolute atomic E-state index is 0.201. The number of hydrogen-bond acceptors (Lipinski definition) is 5. The second-order valence-electron chi connectivity index (χ2n) is 7.38. The van der Waals surface area contributed by atoms with Gasteiger partial charge in [-0.05, 0) is 19.1 Å². The summed E-state index contributed by atoms with van der Waals surface area (Å²) < 4.78 is 4.97. The first-order valence-electron chi connectivity index (χ1n) is 8.83. The maximum atomic E-state index is 12.9. The molecule has 2 saturated heterocycles. The summed E-state index contributed by atoms with van der Waals surface area (Å²) in [5.74, 6) is -2.22. The summed E-state index contributed by atoms with van der Waals surface area (Å²) in [5.41, 5.74) is 0.862. The molecule has 4 atom stereocenters. The van der Waals surface area contributed by atoms with Crippen LogP contribution in [-0.4, -0.2) is 56.0 Å². The van der Waals surface area contributed by atoms with E-state index in [0.717, 1.165) is 11.3 Å². The summed E-state index contributed by atoms with van der Waals surface area (Å²) in [4.78, 5) is 41.5. The zero-order valence-electron chi connectivity index (χ0n) is 15.9. The first-order valence-corrected chi connectivity index (χ1v) is 8.83. The van der Waals surface area contributed by atoms with Gasteiger partial charge in [0, 0.05) is 38.8 Å². The van der Waals surface area contributed by atoms with Gasteiger partial charge < -0.3 is 15.0 Å². The number of fused-ring (bicyclic) bond motifs is 1. The van der Waals surface area contributed by atoms with Crippen molar-refractivity contribution in [2.75, 3.05) is 32.6 Å². The fraction of sp³-hybridized carbons (Fsp3) is 0.526. The molecule has 2 aliphatic rings. The van der Waals surface area contributed by atoms with E-state index in [2.05, 4.69) is 0 Å². The Balaban J connectivity index is 2.05. The molecule has 7 nitrogen and oxygen atoms in total. The zero-order valence-corrected chi connectivity index (χ0v) is 15.9. The molecule has 7 heteroatoms. The van der Waals surface area contributed by atoms with E-state index >= 15 is 0 Å². The lowest BCUT2D eigenvalue weighted by molar-refractivity contribution is -0.731. The van der Waals surface area contributed by atoms with Gasteiger partial charge >= 0.3 is 5.97 Å². The Labute approximate surface area is 153 Å². The van der Waals surface area contributed by atoms with Gasteiger partial charge in [0.15, 0.2) is 0 Å². The SMILES string of the molecule is CCN1C(=O)[C@@H]2[C@@H](c3ccc(N(C)C)cc3)[NH2+][C@@](C)(C(=O)OC)[C@@H]2C1=O. The van der Waals surface area contributed by atoms with Crippen molar-refractivity contribution in [2.45, 2.75) is 25.4 Å². The van der Waals surface area contributed by atoms with Gasteiger partial charge in [0.05, 0.1) is 7.11 Å². The number of imide groups is 1. The maximum Gasteiger partial charge on any atom is 0.368 e. The number of amides is 2. The predicted octanol–water partition coefficient (Wildman–Crippen LogP) is -0.0765. The molecule has 1 aromatic rings. The Morgan fingerprint density at radius 2 is 1.85 bits per heavy atom. The quantitative estimate of drug-likeness (QED) is 0.600. The summed E-state index contributed by atoms with van der Waals surface area (Å²) in [5, 5.41) is 1.83. The summed E-state index contributed by atoms with van der Waals surface area (Å²) in [7, 11) is 5.23. The molecule has 1 aromatic carbocycles. The molecule has 0 radical (unpaired) electrons. The number of carbonyl (C=O) groups is 3. The van der Waals surface area contributed by atoms with E-state index in [1.54, 1.807) is 13.8 Å². The lowest BCUT2D eigenvalue weighted by Gasteiger charge is -2.25. The average Bonchev–Trinajstić information content (AvgIpc) is 3.08. The van der Waals surface area contributed by atoms with E-state index in [1.807, 2.05) is 48.6 Å². The van der Waals surface area contributed by atoms with Crippen molar-refractivity contribution in [3.05, 3.63) is 29.8 Å². The van der Waals surface area contributed by atoms with Gasteiger partial charge in [-0.15, -0.1) is 0 Å². The summed E-state index contributed by atoms with van der Waals surface area (Å²) >= 11 is 0. The molecular weight excluding hydrogens is 334 g/mol. The average molecular weight is 360 g/mol. The standard InChI is InChI=1S/C19H25N3O4/c1-6-22-16(23)13-14(17(22)24)19(2,18(25)26-5)20-15(13)11-7-9-12(10-8-11)21(3)4/h7-10,13-15,20H,6H2,1-5H3/p+1/t13-,14-,15+,19+/m0/s1. The number of rotatable bonds is 4. The molecule has 2 heterocycles. The third-order valence-electron chi connectivity index (χ3n) is 5.74. The molecule has 140 valence electrons.